The molecule has 0 radical (unpaired) electrons. The first-order chi connectivity index (χ1) is 11.2. The molecule has 1 rings (SSSR count). The molecule has 1 N–H and O–H groups in total. The number of benzene rings is 1. The average Bonchev–Trinajstić information content (AvgIpc) is 2.41. The molecule has 0 aromatic heterocycles. The molecule has 1 amide bonds. The molecule has 0 fully saturated rings. The number of amides is 1. The lowest BCUT2D eigenvalue weighted by Gasteiger charge is -2.36. The Kier molecular flexibility index (Phi) is 6.04. The first kappa shape index (κ1) is 21.1. The molecule has 0 atom stereocenters. The van der Waals surface area contributed by atoms with E-state index >= 15 is 0 Å². The number of rotatable bonds is 4. The van der Waals surface area contributed by atoms with Crippen molar-refractivity contribution in [3.63, 3.8) is 0 Å². The van der Waals surface area contributed by atoms with E-state index in [9.17, 15) is 35.9 Å². The zero-order valence-corrected chi connectivity index (χ0v) is 13.8. The molecule has 1 aromatic carbocycles. The fraction of sp³-hybridized carbons (Fsp3) is 0.429. The van der Waals surface area contributed by atoms with Crippen molar-refractivity contribution < 1.29 is 40.7 Å². The number of esters is 1. The average molecular weight is 389 g/mol. The number of carbonyl (C=O) groups excluding carboxylic acids is 2. The maximum atomic E-state index is 13.1. The van der Waals surface area contributed by atoms with Gasteiger partial charge < -0.3 is 10.1 Å². The van der Waals surface area contributed by atoms with Gasteiger partial charge >= 0.3 is 18.3 Å². The Morgan fingerprint density at radius 1 is 1.12 bits per heavy atom. The van der Waals surface area contributed by atoms with Gasteiger partial charge in [0.1, 0.15) is 5.75 Å². The Morgan fingerprint density at radius 2 is 1.64 bits per heavy atom. The number of halogens is 6. The summed E-state index contributed by atoms with van der Waals surface area (Å²) in [6.45, 7) is 2.49. The van der Waals surface area contributed by atoms with Crippen molar-refractivity contribution in [3.8, 4) is 5.75 Å². The Hall–Kier alpha value is -1.91. The summed E-state index contributed by atoms with van der Waals surface area (Å²) in [5.74, 6) is -4.82. The van der Waals surface area contributed by atoms with Crippen molar-refractivity contribution in [1.29, 1.82) is 0 Å². The summed E-state index contributed by atoms with van der Waals surface area (Å²) in [6, 6.07) is 3.37. The quantitative estimate of drug-likeness (QED) is 0.359. The Morgan fingerprint density at radius 3 is 2.04 bits per heavy atom. The number of thiol groups is 1. The second-order valence-electron chi connectivity index (χ2n) is 5.11. The van der Waals surface area contributed by atoms with E-state index in [1.807, 2.05) is 0 Å². The van der Waals surface area contributed by atoms with E-state index in [1.54, 1.807) is 0 Å². The minimum absolute atomic E-state index is 0.456. The van der Waals surface area contributed by atoms with Gasteiger partial charge in [0.25, 0.3) is 5.91 Å². The van der Waals surface area contributed by atoms with Crippen LogP contribution < -0.4 is 10.1 Å². The molecule has 0 heterocycles. The molecule has 0 aliphatic carbocycles. The van der Waals surface area contributed by atoms with Crippen LogP contribution in [-0.2, 0) is 4.79 Å². The van der Waals surface area contributed by atoms with Crippen LogP contribution in [0.25, 0.3) is 0 Å². The molecule has 25 heavy (non-hydrogen) atoms. The lowest BCUT2D eigenvalue weighted by molar-refractivity contribution is -0.295. The Labute approximate surface area is 143 Å². The molecule has 11 heteroatoms. The van der Waals surface area contributed by atoms with Crippen molar-refractivity contribution in [2.75, 3.05) is 5.75 Å². The molecule has 0 saturated heterocycles. The second kappa shape index (κ2) is 7.14. The van der Waals surface area contributed by atoms with Crippen LogP contribution in [0.3, 0.4) is 0 Å². The molecule has 0 unspecified atom stereocenters. The van der Waals surface area contributed by atoms with Gasteiger partial charge in [0.15, 0.2) is 0 Å². The monoisotopic (exact) mass is 389 g/mol. The van der Waals surface area contributed by atoms with Crippen molar-refractivity contribution in [2.45, 2.75) is 31.7 Å². The van der Waals surface area contributed by atoms with Gasteiger partial charge in [-0.25, -0.2) is 0 Å². The van der Waals surface area contributed by atoms with E-state index in [-0.39, 0.29) is 0 Å². The van der Waals surface area contributed by atoms with Gasteiger partial charge in [-0.3, -0.25) is 9.59 Å². The van der Waals surface area contributed by atoms with E-state index in [0.29, 0.717) is 5.56 Å². The minimum atomic E-state index is -5.85. The van der Waals surface area contributed by atoms with Crippen molar-refractivity contribution >= 4 is 24.5 Å². The number of nitrogens with one attached hydrogen (secondary N) is 1. The molecule has 0 bridgehead atoms. The summed E-state index contributed by atoms with van der Waals surface area (Å²) in [6.07, 6.45) is -11.7. The van der Waals surface area contributed by atoms with Crippen molar-refractivity contribution in [2.24, 2.45) is 0 Å². The predicted molar refractivity (Wildman–Crippen MR) is 78.6 cm³/mol. The number of alkyl halides is 6. The van der Waals surface area contributed by atoms with E-state index in [4.69, 9.17) is 0 Å². The zero-order chi connectivity index (χ0) is 19.6. The maximum absolute atomic E-state index is 13.1. The summed E-state index contributed by atoms with van der Waals surface area (Å²) < 4.78 is 83.0. The van der Waals surface area contributed by atoms with E-state index in [0.717, 1.165) is 24.4 Å². The summed E-state index contributed by atoms with van der Waals surface area (Å²) in [5, 5.41) is 0.953. The largest absolute Gasteiger partial charge is 0.426 e. The first-order valence-corrected chi connectivity index (χ1v) is 7.24. The molecule has 0 aliphatic rings. The van der Waals surface area contributed by atoms with Crippen molar-refractivity contribution in [3.05, 3.63) is 29.3 Å². The standard InChI is InChI=1S/C14H13F6NO3S/c1-7-3-4-9(10(5-7)24-8(2)22)11(23)21-12(6-25,13(15,16)17)14(18,19)20/h3-5,25H,6H2,1-2H3,(H,21,23). The number of hydrogen-bond acceptors (Lipinski definition) is 4. The normalized spacial score (nSPS) is 12.7. The third kappa shape index (κ3) is 4.39. The van der Waals surface area contributed by atoms with Gasteiger partial charge in [-0.2, -0.15) is 39.0 Å². The molecule has 0 spiro atoms. The number of aryl methyl sites for hydroxylation is 1. The zero-order valence-electron chi connectivity index (χ0n) is 12.9. The molecule has 0 saturated carbocycles. The Balaban J connectivity index is 3.38. The molecular formula is C14H13F6NO3S. The smallest absolute Gasteiger partial charge is 0.421 e. The number of carbonyl (C=O) groups is 2. The summed E-state index contributed by atoms with van der Waals surface area (Å²) in [7, 11) is 0. The van der Waals surface area contributed by atoms with Crippen LogP contribution in [0.1, 0.15) is 22.8 Å². The van der Waals surface area contributed by atoms with E-state index < -0.39 is 46.8 Å². The maximum Gasteiger partial charge on any atom is 0.421 e. The van der Waals surface area contributed by atoms with Crippen LogP contribution in [-0.4, -0.2) is 35.5 Å². The van der Waals surface area contributed by atoms with Crippen LogP contribution in [0.15, 0.2) is 18.2 Å². The highest BCUT2D eigenvalue weighted by atomic mass is 32.1. The summed E-state index contributed by atoms with van der Waals surface area (Å²) in [4.78, 5) is 23.1. The highest BCUT2D eigenvalue weighted by Gasteiger charge is 2.71. The fourth-order valence-corrected chi connectivity index (χ4v) is 2.28. The van der Waals surface area contributed by atoms with Gasteiger partial charge in [0.05, 0.1) is 5.56 Å². The van der Waals surface area contributed by atoms with Gasteiger partial charge in [0, 0.05) is 12.7 Å². The summed E-state index contributed by atoms with van der Waals surface area (Å²) in [5.41, 5.74) is -4.74. The molecule has 0 aliphatic heterocycles. The second-order valence-corrected chi connectivity index (χ2v) is 5.42. The van der Waals surface area contributed by atoms with Crippen LogP contribution >= 0.6 is 12.6 Å². The molecular weight excluding hydrogens is 376 g/mol. The fourth-order valence-electron chi connectivity index (χ4n) is 1.84. The van der Waals surface area contributed by atoms with Gasteiger partial charge in [-0.05, 0) is 24.6 Å². The van der Waals surface area contributed by atoms with Crippen LogP contribution in [0.2, 0.25) is 0 Å². The lowest BCUT2D eigenvalue weighted by Crippen LogP contribution is -2.69. The molecule has 4 nitrogen and oxygen atoms in total. The third-order valence-electron chi connectivity index (χ3n) is 3.17. The van der Waals surface area contributed by atoms with Gasteiger partial charge in [-0.1, -0.05) is 6.07 Å². The van der Waals surface area contributed by atoms with Crippen LogP contribution in [0, 0.1) is 6.92 Å². The lowest BCUT2D eigenvalue weighted by atomic mass is 9.99. The topological polar surface area (TPSA) is 55.4 Å². The summed E-state index contributed by atoms with van der Waals surface area (Å²) >= 11 is 3.13. The highest BCUT2D eigenvalue weighted by molar-refractivity contribution is 7.80. The number of hydrogen-bond donors (Lipinski definition) is 2. The van der Waals surface area contributed by atoms with Crippen LogP contribution in [0.5, 0.6) is 5.75 Å². The van der Waals surface area contributed by atoms with Crippen LogP contribution in [0.4, 0.5) is 26.3 Å². The molecule has 140 valence electrons. The number of ether oxygens (including phenoxy) is 1. The van der Waals surface area contributed by atoms with Gasteiger partial charge in [-0.15, -0.1) is 0 Å². The minimum Gasteiger partial charge on any atom is -0.426 e. The van der Waals surface area contributed by atoms with E-state index in [2.05, 4.69) is 17.4 Å². The third-order valence-corrected chi connectivity index (χ3v) is 3.64. The first-order valence-electron chi connectivity index (χ1n) is 6.61. The van der Waals surface area contributed by atoms with Crippen molar-refractivity contribution in [1.82, 2.24) is 5.32 Å². The predicted octanol–water partition coefficient (Wildman–Crippen LogP) is 3.44. The Bertz CT molecular complexity index is 658. The van der Waals surface area contributed by atoms with E-state index in [1.165, 1.54) is 13.0 Å². The van der Waals surface area contributed by atoms with Gasteiger partial charge in [0.2, 0.25) is 5.54 Å². The SMILES string of the molecule is CC(=O)Oc1cc(C)ccc1C(=O)NC(CS)(C(F)(F)F)C(F)(F)F. The molecule has 1 aromatic rings. The highest BCUT2D eigenvalue weighted by Crippen LogP contribution is 2.44.